The van der Waals surface area contributed by atoms with Gasteiger partial charge in [-0.05, 0) is 39.1 Å². The van der Waals surface area contributed by atoms with Crippen molar-refractivity contribution >= 4 is 0 Å². The van der Waals surface area contributed by atoms with Gasteiger partial charge in [0.1, 0.15) is 17.2 Å². The lowest BCUT2D eigenvalue weighted by molar-refractivity contribution is -0.142. The Morgan fingerprint density at radius 2 is 2.15 bits per heavy atom. The maximum absolute atomic E-state index is 13.5. The maximum atomic E-state index is 13.5. The molecule has 0 bridgehead atoms. The van der Waals surface area contributed by atoms with E-state index in [2.05, 4.69) is 19.2 Å². The molecule has 1 fully saturated rings. The van der Waals surface area contributed by atoms with Crippen molar-refractivity contribution in [1.82, 2.24) is 5.32 Å². The van der Waals surface area contributed by atoms with E-state index in [4.69, 9.17) is 9.47 Å². The van der Waals surface area contributed by atoms with Gasteiger partial charge >= 0.3 is 0 Å². The minimum absolute atomic E-state index is 0.128. The molecule has 2 unspecified atom stereocenters. The average molecular weight is 279 g/mol. The topological polar surface area (TPSA) is 30.5 Å². The Bertz CT molecular complexity index is 517. The summed E-state index contributed by atoms with van der Waals surface area (Å²) in [6.45, 7) is 4.91. The number of hydrogen-bond donors (Lipinski definition) is 1. The molecule has 2 atom stereocenters. The highest BCUT2D eigenvalue weighted by atomic mass is 19.1. The third kappa shape index (κ3) is 2.42. The van der Waals surface area contributed by atoms with Crippen LogP contribution in [0, 0.1) is 5.82 Å². The van der Waals surface area contributed by atoms with Crippen molar-refractivity contribution in [3.05, 3.63) is 29.6 Å². The SMILES string of the molecule is CNC1CC2(CCOC(C)(C)C2)Oc2ccc(F)cc21. The summed E-state index contributed by atoms with van der Waals surface area (Å²) < 4.78 is 25.6. The van der Waals surface area contributed by atoms with Gasteiger partial charge in [-0.3, -0.25) is 0 Å². The molecule has 2 aliphatic rings. The lowest BCUT2D eigenvalue weighted by atomic mass is 9.77. The van der Waals surface area contributed by atoms with Crippen molar-refractivity contribution in [2.24, 2.45) is 0 Å². The van der Waals surface area contributed by atoms with E-state index in [0.717, 1.165) is 30.6 Å². The second-order valence-corrected chi connectivity index (χ2v) is 6.55. The van der Waals surface area contributed by atoms with Crippen molar-refractivity contribution in [3.63, 3.8) is 0 Å². The van der Waals surface area contributed by atoms with Gasteiger partial charge in [-0.25, -0.2) is 4.39 Å². The number of nitrogens with one attached hydrogen (secondary N) is 1. The molecule has 1 saturated heterocycles. The van der Waals surface area contributed by atoms with E-state index < -0.39 is 0 Å². The zero-order valence-corrected chi connectivity index (χ0v) is 12.3. The van der Waals surface area contributed by atoms with Crippen LogP contribution >= 0.6 is 0 Å². The summed E-state index contributed by atoms with van der Waals surface area (Å²) in [4.78, 5) is 0. The van der Waals surface area contributed by atoms with Gasteiger partial charge in [0.25, 0.3) is 0 Å². The Hall–Kier alpha value is -1.13. The predicted octanol–water partition coefficient (Wildman–Crippen LogP) is 3.20. The first kappa shape index (κ1) is 13.8. The minimum atomic E-state index is -0.212. The highest BCUT2D eigenvalue weighted by molar-refractivity contribution is 5.39. The van der Waals surface area contributed by atoms with Gasteiger partial charge < -0.3 is 14.8 Å². The van der Waals surface area contributed by atoms with E-state index in [1.54, 1.807) is 12.1 Å². The summed E-state index contributed by atoms with van der Waals surface area (Å²) in [5.74, 6) is 0.588. The minimum Gasteiger partial charge on any atom is -0.487 e. The van der Waals surface area contributed by atoms with Gasteiger partial charge in [0, 0.05) is 30.9 Å². The highest BCUT2D eigenvalue weighted by Crippen LogP contribution is 2.47. The smallest absolute Gasteiger partial charge is 0.125 e. The summed E-state index contributed by atoms with van der Waals surface area (Å²) in [7, 11) is 1.92. The number of halogens is 1. The van der Waals surface area contributed by atoms with Crippen LogP contribution in [0.5, 0.6) is 5.75 Å². The quantitative estimate of drug-likeness (QED) is 0.856. The Morgan fingerprint density at radius 1 is 1.35 bits per heavy atom. The van der Waals surface area contributed by atoms with E-state index in [1.807, 2.05) is 7.05 Å². The van der Waals surface area contributed by atoms with Crippen LogP contribution in [0.15, 0.2) is 18.2 Å². The molecule has 3 rings (SSSR count). The van der Waals surface area contributed by atoms with Crippen LogP contribution in [0.3, 0.4) is 0 Å². The Balaban J connectivity index is 1.96. The molecule has 3 nitrogen and oxygen atoms in total. The van der Waals surface area contributed by atoms with E-state index in [-0.39, 0.29) is 23.1 Å². The van der Waals surface area contributed by atoms with Crippen molar-refractivity contribution in [2.75, 3.05) is 13.7 Å². The molecule has 0 amide bonds. The van der Waals surface area contributed by atoms with Gasteiger partial charge in [-0.15, -0.1) is 0 Å². The number of hydrogen-bond acceptors (Lipinski definition) is 3. The van der Waals surface area contributed by atoms with E-state index in [1.165, 1.54) is 6.07 Å². The highest BCUT2D eigenvalue weighted by Gasteiger charge is 2.47. The third-order valence-corrected chi connectivity index (χ3v) is 4.40. The molecule has 2 heterocycles. The standard InChI is InChI=1S/C16H22FNO2/c1-15(2)10-16(6-7-19-15)9-13(18-3)12-8-11(17)4-5-14(12)20-16/h4-5,8,13,18H,6-7,9-10H2,1-3H3. The van der Waals surface area contributed by atoms with Crippen molar-refractivity contribution in [2.45, 2.75) is 50.4 Å². The number of rotatable bonds is 1. The van der Waals surface area contributed by atoms with Crippen molar-refractivity contribution < 1.29 is 13.9 Å². The predicted molar refractivity (Wildman–Crippen MR) is 75.4 cm³/mol. The van der Waals surface area contributed by atoms with Crippen LogP contribution in [0.2, 0.25) is 0 Å². The zero-order chi connectivity index (χ0) is 14.4. The molecule has 1 N–H and O–H groups in total. The average Bonchev–Trinajstić information content (AvgIpc) is 2.37. The van der Waals surface area contributed by atoms with Crippen LogP contribution in [-0.2, 0) is 4.74 Å². The summed E-state index contributed by atoms with van der Waals surface area (Å²) >= 11 is 0. The largest absolute Gasteiger partial charge is 0.487 e. The molecule has 0 radical (unpaired) electrons. The van der Waals surface area contributed by atoms with Gasteiger partial charge in [0.15, 0.2) is 0 Å². The molecule has 20 heavy (non-hydrogen) atoms. The summed E-state index contributed by atoms with van der Waals surface area (Å²) in [5, 5.41) is 3.30. The third-order valence-electron chi connectivity index (χ3n) is 4.40. The van der Waals surface area contributed by atoms with Crippen LogP contribution in [0.25, 0.3) is 0 Å². The van der Waals surface area contributed by atoms with Crippen molar-refractivity contribution in [1.29, 1.82) is 0 Å². The van der Waals surface area contributed by atoms with Gasteiger partial charge in [-0.1, -0.05) is 0 Å². The maximum Gasteiger partial charge on any atom is 0.125 e. The van der Waals surface area contributed by atoms with Gasteiger partial charge in [0.05, 0.1) is 12.2 Å². The number of ether oxygens (including phenoxy) is 2. The van der Waals surface area contributed by atoms with Crippen LogP contribution in [0.1, 0.15) is 44.7 Å². The lowest BCUT2D eigenvalue weighted by Crippen LogP contribution is -2.52. The molecular formula is C16H22FNO2. The van der Waals surface area contributed by atoms with E-state index in [0.29, 0.717) is 6.61 Å². The van der Waals surface area contributed by atoms with Crippen LogP contribution in [0.4, 0.5) is 4.39 Å². The summed E-state index contributed by atoms with van der Waals surface area (Å²) in [6, 6.07) is 4.92. The first-order valence-corrected chi connectivity index (χ1v) is 7.23. The number of benzene rings is 1. The zero-order valence-electron chi connectivity index (χ0n) is 12.3. The molecule has 0 aromatic heterocycles. The molecule has 1 aromatic carbocycles. The lowest BCUT2D eigenvalue weighted by Gasteiger charge is -2.49. The fraction of sp³-hybridized carbons (Fsp3) is 0.625. The van der Waals surface area contributed by atoms with Gasteiger partial charge in [-0.2, -0.15) is 0 Å². The molecule has 1 aromatic rings. The molecular weight excluding hydrogens is 257 g/mol. The summed E-state index contributed by atoms with van der Waals surface area (Å²) in [5.41, 5.74) is 0.538. The normalized spacial score (nSPS) is 31.7. The summed E-state index contributed by atoms with van der Waals surface area (Å²) in [6.07, 6.45) is 2.59. The fourth-order valence-electron chi connectivity index (χ4n) is 3.59. The molecule has 0 saturated carbocycles. The molecule has 2 aliphatic heterocycles. The first-order valence-electron chi connectivity index (χ1n) is 7.23. The van der Waals surface area contributed by atoms with E-state index in [9.17, 15) is 4.39 Å². The number of fused-ring (bicyclic) bond motifs is 1. The van der Waals surface area contributed by atoms with Crippen LogP contribution < -0.4 is 10.1 Å². The Kier molecular flexibility index (Phi) is 3.26. The second kappa shape index (κ2) is 4.71. The molecule has 110 valence electrons. The second-order valence-electron chi connectivity index (χ2n) is 6.55. The molecule has 0 aliphatic carbocycles. The van der Waals surface area contributed by atoms with E-state index >= 15 is 0 Å². The fourth-order valence-corrected chi connectivity index (χ4v) is 3.59. The Morgan fingerprint density at radius 3 is 2.85 bits per heavy atom. The molecule has 4 heteroatoms. The Labute approximate surface area is 119 Å². The van der Waals surface area contributed by atoms with Gasteiger partial charge in [0.2, 0.25) is 0 Å². The van der Waals surface area contributed by atoms with Crippen molar-refractivity contribution in [3.8, 4) is 5.75 Å². The first-order chi connectivity index (χ1) is 9.43. The molecule has 1 spiro atoms. The monoisotopic (exact) mass is 279 g/mol. The van der Waals surface area contributed by atoms with Crippen LogP contribution in [-0.4, -0.2) is 24.9 Å².